The van der Waals surface area contributed by atoms with Gasteiger partial charge in [-0.25, -0.2) is 0 Å². The number of amides is 1. The van der Waals surface area contributed by atoms with Gasteiger partial charge in [-0.15, -0.1) is 11.8 Å². The molecule has 166 valence electrons. The van der Waals surface area contributed by atoms with Crippen LogP contribution in [-0.4, -0.2) is 69.6 Å². The zero-order valence-electron chi connectivity index (χ0n) is 17.5. The standard InChI is InChI=1S/C13H18N4O3.C8H7ClOS/c1-15-5-3-4-8(15)11-14-12(19)10(18)9-13(20)16(2)6-7-17(9)11;9-7-3-1-2-4-8(7)11-6-5-10/h8,18H,3-7H2,1-2H3;1-5H,6H2. The fourth-order valence-corrected chi connectivity index (χ4v) is 4.64. The molecule has 0 saturated carbocycles. The number of likely N-dealkylation sites (N-methyl/N-ethyl adjacent to an activating group) is 1. The van der Waals surface area contributed by atoms with E-state index >= 15 is 0 Å². The second-order valence-corrected chi connectivity index (χ2v) is 8.87. The fraction of sp³-hybridized carbons (Fsp3) is 0.429. The first kappa shape index (κ1) is 23.3. The van der Waals surface area contributed by atoms with Crippen molar-refractivity contribution < 1.29 is 14.7 Å². The first-order valence-electron chi connectivity index (χ1n) is 9.95. The Morgan fingerprint density at radius 1 is 1.23 bits per heavy atom. The van der Waals surface area contributed by atoms with Crippen molar-refractivity contribution in [2.24, 2.45) is 0 Å². The molecule has 1 amide bonds. The zero-order chi connectivity index (χ0) is 22.5. The zero-order valence-corrected chi connectivity index (χ0v) is 19.0. The van der Waals surface area contributed by atoms with Gasteiger partial charge in [0.1, 0.15) is 12.1 Å². The second kappa shape index (κ2) is 10.3. The van der Waals surface area contributed by atoms with E-state index in [1.807, 2.05) is 31.3 Å². The summed E-state index contributed by atoms with van der Waals surface area (Å²) in [6.45, 7) is 2.06. The second-order valence-electron chi connectivity index (χ2n) is 7.40. The lowest BCUT2D eigenvalue weighted by Gasteiger charge is -2.31. The molecule has 2 aliphatic heterocycles. The molecule has 1 aromatic carbocycles. The molecule has 2 aromatic rings. The van der Waals surface area contributed by atoms with Crippen molar-refractivity contribution in [1.29, 1.82) is 0 Å². The normalized spacial score (nSPS) is 18.4. The number of aromatic nitrogens is 2. The molecule has 3 heterocycles. The average molecular weight is 465 g/mol. The summed E-state index contributed by atoms with van der Waals surface area (Å²) in [7, 11) is 3.65. The van der Waals surface area contributed by atoms with Gasteiger partial charge in [0.25, 0.3) is 5.91 Å². The number of halogens is 1. The summed E-state index contributed by atoms with van der Waals surface area (Å²) in [5.74, 6) is 0.203. The van der Waals surface area contributed by atoms with Crippen molar-refractivity contribution in [1.82, 2.24) is 19.4 Å². The van der Waals surface area contributed by atoms with E-state index in [1.54, 1.807) is 11.6 Å². The molecule has 2 aliphatic rings. The Kier molecular flexibility index (Phi) is 7.74. The van der Waals surface area contributed by atoms with E-state index in [-0.39, 0.29) is 17.6 Å². The third-order valence-electron chi connectivity index (χ3n) is 5.36. The van der Waals surface area contributed by atoms with Gasteiger partial charge < -0.3 is 19.4 Å². The molecule has 0 bridgehead atoms. The molecule has 0 spiro atoms. The Bertz CT molecular complexity index is 1030. The Morgan fingerprint density at radius 3 is 2.61 bits per heavy atom. The summed E-state index contributed by atoms with van der Waals surface area (Å²) in [6, 6.07) is 7.52. The number of benzene rings is 1. The third kappa shape index (κ3) is 5.11. The van der Waals surface area contributed by atoms with Crippen LogP contribution in [-0.2, 0) is 11.3 Å². The maximum Gasteiger partial charge on any atom is 0.315 e. The predicted octanol–water partition coefficient (Wildman–Crippen LogP) is 2.43. The lowest BCUT2D eigenvalue weighted by molar-refractivity contribution is -0.105. The summed E-state index contributed by atoms with van der Waals surface area (Å²) in [5, 5.41) is 10.6. The van der Waals surface area contributed by atoms with Crippen molar-refractivity contribution in [3.63, 3.8) is 0 Å². The summed E-state index contributed by atoms with van der Waals surface area (Å²) in [4.78, 5) is 42.7. The number of hydrogen-bond donors (Lipinski definition) is 1. The lowest BCUT2D eigenvalue weighted by Crippen LogP contribution is -2.42. The monoisotopic (exact) mass is 464 g/mol. The van der Waals surface area contributed by atoms with Crippen LogP contribution in [0.2, 0.25) is 5.02 Å². The fourth-order valence-electron chi connectivity index (χ4n) is 3.71. The Labute approximate surface area is 189 Å². The van der Waals surface area contributed by atoms with E-state index < -0.39 is 11.3 Å². The van der Waals surface area contributed by atoms with Gasteiger partial charge in [-0.1, -0.05) is 23.7 Å². The van der Waals surface area contributed by atoms with Crippen molar-refractivity contribution in [2.45, 2.75) is 30.3 Å². The number of fused-ring (bicyclic) bond motifs is 1. The quantitative estimate of drug-likeness (QED) is 0.548. The van der Waals surface area contributed by atoms with Crippen LogP contribution in [0.25, 0.3) is 0 Å². The highest BCUT2D eigenvalue weighted by molar-refractivity contribution is 8.00. The molecule has 0 radical (unpaired) electrons. The molecule has 8 nitrogen and oxygen atoms in total. The molecule has 10 heteroatoms. The maximum absolute atomic E-state index is 12.2. The van der Waals surface area contributed by atoms with Gasteiger partial charge in [-0.3, -0.25) is 14.5 Å². The topological polar surface area (TPSA) is 95.7 Å². The van der Waals surface area contributed by atoms with Crippen LogP contribution in [0.4, 0.5) is 0 Å². The summed E-state index contributed by atoms with van der Waals surface area (Å²) in [6.07, 6.45) is 2.83. The van der Waals surface area contributed by atoms with Gasteiger partial charge in [0.15, 0.2) is 5.69 Å². The van der Waals surface area contributed by atoms with Crippen LogP contribution in [0, 0.1) is 0 Å². The van der Waals surface area contributed by atoms with Crippen LogP contribution in [0.5, 0.6) is 5.75 Å². The number of nitrogens with zero attached hydrogens (tertiary/aromatic N) is 4. The Hall–Kier alpha value is -2.36. The number of carbonyl (C=O) groups excluding carboxylic acids is 2. The first-order chi connectivity index (χ1) is 14.8. The number of aldehydes is 1. The van der Waals surface area contributed by atoms with Gasteiger partial charge in [-0.2, -0.15) is 4.98 Å². The maximum atomic E-state index is 12.2. The number of likely N-dealkylation sites (tertiary alicyclic amines) is 1. The number of thioether (sulfide) groups is 1. The largest absolute Gasteiger partial charge is 0.501 e. The van der Waals surface area contributed by atoms with Crippen molar-refractivity contribution in [2.75, 3.05) is 32.9 Å². The predicted molar refractivity (Wildman–Crippen MR) is 120 cm³/mol. The number of hydrogen-bond acceptors (Lipinski definition) is 7. The molecule has 1 unspecified atom stereocenters. The first-order valence-corrected chi connectivity index (χ1v) is 11.3. The number of rotatable bonds is 4. The molecule has 1 N–H and O–H groups in total. The number of carbonyl (C=O) groups is 2. The van der Waals surface area contributed by atoms with E-state index in [0.29, 0.717) is 29.7 Å². The smallest absolute Gasteiger partial charge is 0.315 e. The highest BCUT2D eigenvalue weighted by Gasteiger charge is 2.33. The minimum absolute atomic E-state index is 0.0401. The van der Waals surface area contributed by atoms with Crippen molar-refractivity contribution in [3.05, 3.63) is 51.2 Å². The SMILES string of the molecule is CN1CCn2c(C3CCCN3C)nc(=O)c(O)c2C1=O.O=CCSc1ccccc1Cl. The van der Waals surface area contributed by atoms with Crippen molar-refractivity contribution in [3.8, 4) is 5.75 Å². The average Bonchev–Trinajstić information content (AvgIpc) is 3.18. The van der Waals surface area contributed by atoms with Gasteiger partial charge in [0, 0.05) is 25.0 Å². The Balaban J connectivity index is 0.000000210. The molecule has 1 aromatic heterocycles. The van der Waals surface area contributed by atoms with E-state index in [2.05, 4.69) is 9.88 Å². The molecule has 1 fully saturated rings. The van der Waals surface area contributed by atoms with Crippen LogP contribution in [0.3, 0.4) is 0 Å². The van der Waals surface area contributed by atoms with E-state index in [9.17, 15) is 19.5 Å². The van der Waals surface area contributed by atoms with Crippen molar-refractivity contribution >= 4 is 35.6 Å². The molecule has 1 atom stereocenters. The molecular weight excluding hydrogens is 440 g/mol. The highest BCUT2D eigenvalue weighted by Crippen LogP contribution is 2.31. The molecule has 4 rings (SSSR count). The van der Waals surface area contributed by atoms with Gasteiger partial charge in [0.05, 0.1) is 16.8 Å². The van der Waals surface area contributed by atoms with Crippen LogP contribution in [0.1, 0.15) is 35.2 Å². The molecular formula is C21H25ClN4O4S. The highest BCUT2D eigenvalue weighted by atomic mass is 35.5. The van der Waals surface area contributed by atoms with Crippen LogP contribution in [0.15, 0.2) is 34.0 Å². The summed E-state index contributed by atoms with van der Waals surface area (Å²) < 4.78 is 1.71. The lowest BCUT2D eigenvalue weighted by atomic mass is 10.1. The number of aromatic hydroxyl groups is 1. The summed E-state index contributed by atoms with van der Waals surface area (Å²) >= 11 is 7.27. The van der Waals surface area contributed by atoms with E-state index in [0.717, 1.165) is 30.6 Å². The van der Waals surface area contributed by atoms with Gasteiger partial charge in [0.2, 0.25) is 5.75 Å². The summed E-state index contributed by atoms with van der Waals surface area (Å²) in [5.41, 5.74) is -0.635. The molecule has 31 heavy (non-hydrogen) atoms. The van der Waals surface area contributed by atoms with Gasteiger partial charge >= 0.3 is 5.56 Å². The van der Waals surface area contributed by atoms with Gasteiger partial charge in [-0.05, 0) is 38.6 Å². The minimum Gasteiger partial charge on any atom is -0.501 e. The Morgan fingerprint density at radius 2 is 1.97 bits per heavy atom. The van der Waals surface area contributed by atoms with Crippen LogP contribution < -0.4 is 5.56 Å². The van der Waals surface area contributed by atoms with E-state index in [1.165, 1.54) is 16.7 Å². The van der Waals surface area contributed by atoms with Crippen LogP contribution >= 0.6 is 23.4 Å². The van der Waals surface area contributed by atoms with E-state index in [4.69, 9.17) is 11.6 Å². The molecule has 1 saturated heterocycles. The minimum atomic E-state index is -0.713. The third-order valence-corrected chi connectivity index (χ3v) is 6.77. The molecule has 0 aliphatic carbocycles.